The predicted octanol–water partition coefficient (Wildman–Crippen LogP) is 2.36. The lowest BCUT2D eigenvalue weighted by atomic mass is 10.1. The van der Waals surface area contributed by atoms with Crippen LogP contribution in [-0.2, 0) is 33.5 Å². The van der Waals surface area contributed by atoms with E-state index in [0.717, 1.165) is 15.6 Å². The average Bonchev–Trinajstić information content (AvgIpc) is 2.54. The topological polar surface area (TPSA) is 75.3 Å². The monoisotopic (exact) mass is 410 g/mol. The Balaban J connectivity index is 1.87. The second-order valence-corrected chi connectivity index (χ2v) is 8.21. The van der Waals surface area contributed by atoms with Crippen molar-refractivity contribution in [1.82, 2.24) is 10.0 Å². The van der Waals surface area contributed by atoms with Crippen molar-refractivity contribution in [3.05, 3.63) is 69.7 Å². The highest BCUT2D eigenvalue weighted by Gasteiger charge is 2.08. The minimum absolute atomic E-state index is 0.0565. The minimum Gasteiger partial charge on any atom is -0.352 e. The molecule has 0 radical (unpaired) electrons. The van der Waals surface area contributed by atoms with Crippen LogP contribution in [0.3, 0.4) is 0 Å². The van der Waals surface area contributed by atoms with Crippen molar-refractivity contribution in [3.8, 4) is 0 Å². The maximum atomic E-state index is 12.0. The van der Waals surface area contributed by atoms with Crippen molar-refractivity contribution in [2.45, 2.75) is 18.7 Å². The van der Waals surface area contributed by atoms with E-state index in [4.69, 9.17) is 0 Å². The van der Waals surface area contributed by atoms with Crippen LogP contribution in [0.2, 0.25) is 0 Å². The lowest BCUT2D eigenvalue weighted by Crippen LogP contribution is -2.24. The van der Waals surface area contributed by atoms with Crippen molar-refractivity contribution in [1.29, 1.82) is 0 Å². The first-order chi connectivity index (χ1) is 11.4. The smallest absolute Gasteiger partial charge is 0.224 e. The zero-order valence-corrected chi connectivity index (χ0v) is 15.7. The first-order valence-electron chi connectivity index (χ1n) is 7.38. The Kier molecular flexibility index (Phi) is 6.53. The second-order valence-electron chi connectivity index (χ2n) is 5.36. The number of amides is 1. The van der Waals surface area contributed by atoms with Crippen molar-refractivity contribution in [2.24, 2.45) is 0 Å². The molecule has 0 aliphatic heterocycles. The summed E-state index contributed by atoms with van der Waals surface area (Å²) in [5.74, 6) is -0.117. The standard InChI is InChI=1S/C17H19BrN2O3S/c1-19-24(22,23)12-14-7-5-13(6-8-14)11-20-17(21)10-15-3-2-4-16(18)9-15/h2-9,19H,10-12H2,1H3,(H,20,21). The Bertz CT molecular complexity index is 805. The summed E-state index contributed by atoms with van der Waals surface area (Å²) in [6, 6.07) is 14.8. The number of hydrogen-bond donors (Lipinski definition) is 2. The zero-order valence-electron chi connectivity index (χ0n) is 13.3. The van der Waals surface area contributed by atoms with Crippen LogP contribution in [0, 0.1) is 0 Å². The fraction of sp³-hybridized carbons (Fsp3) is 0.235. The molecule has 2 aromatic carbocycles. The Morgan fingerprint density at radius 3 is 2.33 bits per heavy atom. The van der Waals surface area contributed by atoms with E-state index in [1.807, 2.05) is 36.4 Å². The third-order valence-corrected chi connectivity index (χ3v) is 5.26. The van der Waals surface area contributed by atoms with Gasteiger partial charge in [-0.15, -0.1) is 0 Å². The number of carbonyl (C=O) groups is 1. The Labute approximate surface area is 150 Å². The van der Waals surface area contributed by atoms with Gasteiger partial charge >= 0.3 is 0 Å². The van der Waals surface area contributed by atoms with Crippen LogP contribution in [0.4, 0.5) is 0 Å². The lowest BCUT2D eigenvalue weighted by molar-refractivity contribution is -0.120. The van der Waals surface area contributed by atoms with Crippen LogP contribution in [0.5, 0.6) is 0 Å². The maximum absolute atomic E-state index is 12.0. The van der Waals surface area contributed by atoms with E-state index >= 15 is 0 Å². The molecular weight excluding hydrogens is 392 g/mol. The third-order valence-electron chi connectivity index (χ3n) is 3.43. The van der Waals surface area contributed by atoms with E-state index in [2.05, 4.69) is 26.0 Å². The molecule has 24 heavy (non-hydrogen) atoms. The van der Waals surface area contributed by atoms with E-state index in [0.29, 0.717) is 18.5 Å². The van der Waals surface area contributed by atoms with E-state index in [9.17, 15) is 13.2 Å². The quantitative estimate of drug-likeness (QED) is 0.735. The molecule has 0 heterocycles. The summed E-state index contributed by atoms with van der Waals surface area (Å²) in [7, 11) is -1.88. The van der Waals surface area contributed by atoms with Gasteiger partial charge in [0.2, 0.25) is 15.9 Å². The normalized spacial score (nSPS) is 11.2. The van der Waals surface area contributed by atoms with Crippen LogP contribution in [0.1, 0.15) is 16.7 Å². The minimum atomic E-state index is -3.27. The van der Waals surface area contributed by atoms with Gasteiger partial charge in [0, 0.05) is 11.0 Å². The van der Waals surface area contributed by atoms with E-state index in [-0.39, 0.29) is 11.7 Å². The highest BCUT2D eigenvalue weighted by Crippen LogP contribution is 2.12. The Morgan fingerprint density at radius 1 is 1.04 bits per heavy atom. The van der Waals surface area contributed by atoms with Crippen molar-refractivity contribution < 1.29 is 13.2 Å². The molecule has 0 spiro atoms. The molecule has 0 aromatic heterocycles. The SMILES string of the molecule is CNS(=O)(=O)Cc1ccc(CNC(=O)Cc2cccc(Br)c2)cc1. The van der Waals surface area contributed by atoms with Gasteiger partial charge in [-0.3, -0.25) is 4.79 Å². The van der Waals surface area contributed by atoms with E-state index < -0.39 is 10.0 Å². The summed E-state index contributed by atoms with van der Waals surface area (Å²) in [6.45, 7) is 0.409. The molecule has 7 heteroatoms. The molecule has 0 saturated heterocycles. The van der Waals surface area contributed by atoms with Crippen molar-refractivity contribution in [2.75, 3.05) is 7.05 Å². The van der Waals surface area contributed by atoms with Gasteiger partial charge in [-0.05, 0) is 35.9 Å². The molecule has 2 aromatic rings. The van der Waals surface area contributed by atoms with Gasteiger partial charge in [0.1, 0.15) is 0 Å². The largest absolute Gasteiger partial charge is 0.352 e. The van der Waals surface area contributed by atoms with Gasteiger partial charge in [0.05, 0.1) is 12.2 Å². The van der Waals surface area contributed by atoms with Gasteiger partial charge in [0.25, 0.3) is 0 Å². The van der Waals surface area contributed by atoms with Crippen molar-refractivity contribution in [3.63, 3.8) is 0 Å². The fourth-order valence-corrected chi connectivity index (χ4v) is 3.36. The molecule has 0 saturated carbocycles. The molecule has 0 aliphatic rings. The maximum Gasteiger partial charge on any atom is 0.224 e. The number of benzene rings is 2. The van der Waals surface area contributed by atoms with Gasteiger partial charge in [-0.25, -0.2) is 13.1 Å². The lowest BCUT2D eigenvalue weighted by Gasteiger charge is -2.07. The molecule has 2 N–H and O–H groups in total. The summed E-state index contributed by atoms with van der Waals surface area (Å²) in [4.78, 5) is 12.0. The number of rotatable bonds is 7. The first kappa shape index (κ1) is 18.6. The van der Waals surface area contributed by atoms with Crippen LogP contribution < -0.4 is 10.0 Å². The van der Waals surface area contributed by atoms with Gasteiger partial charge in [-0.1, -0.05) is 52.3 Å². The number of nitrogens with one attached hydrogen (secondary N) is 2. The van der Waals surface area contributed by atoms with E-state index in [1.54, 1.807) is 12.1 Å². The summed E-state index contributed by atoms with van der Waals surface area (Å²) >= 11 is 3.38. The zero-order chi connectivity index (χ0) is 17.6. The molecule has 0 fully saturated rings. The van der Waals surface area contributed by atoms with Crippen LogP contribution >= 0.6 is 15.9 Å². The molecule has 0 aliphatic carbocycles. The third kappa shape index (κ3) is 6.07. The summed E-state index contributed by atoms with van der Waals surface area (Å²) in [5.41, 5.74) is 2.56. The number of sulfonamides is 1. The Morgan fingerprint density at radius 2 is 1.71 bits per heavy atom. The summed E-state index contributed by atoms with van der Waals surface area (Å²) in [5, 5.41) is 2.86. The highest BCUT2D eigenvalue weighted by molar-refractivity contribution is 9.10. The number of carbonyl (C=O) groups excluding carboxylic acids is 1. The summed E-state index contributed by atoms with van der Waals surface area (Å²) < 4.78 is 26.2. The van der Waals surface area contributed by atoms with Crippen LogP contribution in [0.25, 0.3) is 0 Å². The van der Waals surface area contributed by atoms with Gasteiger partial charge in [0.15, 0.2) is 0 Å². The molecule has 0 atom stereocenters. The van der Waals surface area contributed by atoms with Crippen molar-refractivity contribution >= 4 is 31.9 Å². The van der Waals surface area contributed by atoms with Gasteiger partial charge < -0.3 is 5.32 Å². The second kappa shape index (κ2) is 8.41. The molecule has 1 amide bonds. The molecular formula is C17H19BrN2O3S. The van der Waals surface area contributed by atoms with Gasteiger partial charge in [-0.2, -0.15) is 0 Å². The average molecular weight is 411 g/mol. The highest BCUT2D eigenvalue weighted by atomic mass is 79.9. The van der Waals surface area contributed by atoms with E-state index in [1.165, 1.54) is 7.05 Å². The van der Waals surface area contributed by atoms with Crippen LogP contribution in [0.15, 0.2) is 53.0 Å². The first-order valence-corrected chi connectivity index (χ1v) is 9.83. The molecule has 5 nitrogen and oxygen atoms in total. The molecule has 0 bridgehead atoms. The summed E-state index contributed by atoms with van der Waals surface area (Å²) in [6.07, 6.45) is 0.317. The predicted molar refractivity (Wildman–Crippen MR) is 97.8 cm³/mol. The molecule has 0 unspecified atom stereocenters. The number of halogens is 1. The Hall–Kier alpha value is -1.70. The molecule has 128 valence electrons. The molecule has 2 rings (SSSR count). The number of hydrogen-bond acceptors (Lipinski definition) is 3. The fourth-order valence-electron chi connectivity index (χ4n) is 2.14. The van der Waals surface area contributed by atoms with Crippen LogP contribution in [-0.4, -0.2) is 21.4 Å².